The number of carbonyl (C=O) groups excluding carboxylic acids is 1. The van der Waals surface area contributed by atoms with Crippen LogP contribution in [0.15, 0.2) is 65.8 Å². The van der Waals surface area contributed by atoms with E-state index in [1.165, 1.54) is 6.21 Å². The number of phenols is 1. The molecule has 2 N–H and O–H groups in total. The van der Waals surface area contributed by atoms with Crippen LogP contribution in [-0.2, 0) is 0 Å². The summed E-state index contributed by atoms with van der Waals surface area (Å²) in [4.78, 5) is 12.2. The van der Waals surface area contributed by atoms with Gasteiger partial charge >= 0.3 is 0 Å². The highest BCUT2D eigenvalue weighted by molar-refractivity contribution is 6.03. The summed E-state index contributed by atoms with van der Waals surface area (Å²) >= 11 is 0. The zero-order chi connectivity index (χ0) is 16.9. The van der Waals surface area contributed by atoms with Gasteiger partial charge in [-0.1, -0.05) is 30.3 Å². The summed E-state index contributed by atoms with van der Waals surface area (Å²) in [7, 11) is 1.60. The number of hydrazone groups is 1. The first kappa shape index (κ1) is 15.6. The lowest BCUT2D eigenvalue weighted by atomic mass is 10.1. The van der Waals surface area contributed by atoms with Crippen LogP contribution in [0.4, 0.5) is 0 Å². The third-order valence-corrected chi connectivity index (χ3v) is 3.64. The molecule has 3 aromatic carbocycles. The Morgan fingerprint density at radius 1 is 1.08 bits per heavy atom. The van der Waals surface area contributed by atoms with Gasteiger partial charge in [-0.25, -0.2) is 5.43 Å². The maximum absolute atomic E-state index is 12.2. The molecule has 0 spiro atoms. The zero-order valence-electron chi connectivity index (χ0n) is 13.1. The van der Waals surface area contributed by atoms with Crippen molar-refractivity contribution in [2.45, 2.75) is 0 Å². The molecule has 5 heteroatoms. The first-order valence-electron chi connectivity index (χ1n) is 7.37. The van der Waals surface area contributed by atoms with Crippen LogP contribution < -0.4 is 10.2 Å². The number of hydrogen-bond donors (Lipinski definition) is 2. The highest BCUT2D eigenvalue weighted by Gasteiger charge is 2.12. The number of rotatable bonds is 4. The van der Waals surface area contributed by atoms with Gasteiger partial charge in [0.2, 0.25) is 0 Å². The molecule has 0 aliphatic carbocycles. The third kappa shape index (κ3) is 3.20. The largest absolute Gasteiger partial charge is 0.506 e. The number of aromatic hydroxyl groups is 1. The van der Waals surface area contributed by atoms with Crippen LogP contribution in [0.5, 0.6) is 11.5 Å². The van der Waals surface area contributed by atoms with E-state index < -0.39 is 5.91 Å². The fourth-order valence-corrected chi connectivity index (χ4v) is 2.35. The Kier molecular flexibility index (Phi) is 4.43. The Morgan fingerprint density at radius 2 is 1.83 bits per heavy atom. The monoisotopic (exact) mass is 320 g/mol. The van der Waals surface area contributed by atoms with Crippen molar-refractivity contribution >= 4 is 22.9 Å². The van der Waals surface area contributed by atoms with Gasteiger partial charge in [0.05, 0.1) is 18.9 Å². The Morgan fingerprint density at radius 3 is 2.58 bits per heavy atom. The van der Waals surface area contributed by atoms with Gasteiger partial charge in [0.25, 0.3) is 5.91 Å². The number of ether oxygens (including phenoxy) is 1. The number of nitrogens with one attached hydrogen (secondary N) is 1. The van der Waals surface area contributed by atoms with E-state index in [0.717, 1.165) is 16.7 Å². The van der Waals surface area contributed by atoms with Crippen molar-refractivity contribution < 1.29 is 14.6 Å². The molecule has 0 fully saturated rings. The second-order valence-electron chi connectivity index (χ2n) is 5.16. The normalized spacial score (nSPS) is 10.9. The van der Waals surface area contributed by atoms with Gasteiger partial charge < -0.3 is 9.84 Å². The van der Waals surface area contributed by atoms with Crippen LogP contribution in [0, 0.1) is 0 Å². The van der Waals surface area contributed by atoms with Crippen LogP contribution >= 0.6 is 0 Å². The minimum Gasteiger partial charge on any atom is -0.506 e. The number of phenolic OH excluding ortho intramolecular Hbond substituents is 1. The maximum Gasteiger partial charge on any atom is 0.275 e. The summed E-state index contributed by atoms with van der Waals surface area (Å²) in [5.41, 5.74) is 3.42. The molecule has 120 valence electrons. The molecule has 3 rings (SSSR count). The average molecular weight is 320 g/mol. The van der Waals surface area contributed by atoms with Crippen molar-refractivity contribution in [3.63, 3.8) is 0 Å². The van der Waals surface area contributed by atoms with Gasteiger partial charge in [0.15, 0.2) is 0 Å². The third-order valence-electron chi connectivity index (χ3n) is 3.64. The van der Waals surface area contributed by atoms with Crippen LogP contribution in [0.25, 0.3) is 10.8 Å². The molecule has 5 nitrogen and oxygen atoms in total. The smallest absolute Gasteiger partial charge is 0.275 e. The molecule has 0 heterocycles. The highest BCUT2D eigenvalue weighted by atomic mass is 16.5. The van der Waals surface area contributed by atoms with E-state index in [1.54, 1.807) is 37.4 Å². The summed E-state index contributed by atoms with van der Waals surface area (Å²) < 4.78 is 5.08. The molecule has 1 amide bonds. The van der Waals surface area contributed by atoms with Gasteiger partial charge in [-0.15, -0.1) is 0 Å². The van der Waals surface area contributed by atoms with Crippen molar-refractivity contribution in [1.29, 1.82) is 0 Å². The number of benzene rings is 3. The number of fused-ring (bicyclic) bond motifs is 1. The molecule has 0 aliphatic rings. The van der Waals surface area contributed by atoms with E-state index in [-0.39, 0.29) is 11.3 Å². The molecule has 0 aromatic heterocycles. The van der Waals surface area contributed by atoms with Gasteiger partial charge in [-0.05, 0) is 41.3 Å². The zero-order valence-corrected chi connectivity index (χ0v) is 13.1. The molecule has 0 unspecified atom stereocenters. The van der Waals surface area contributed by atoms with E-state index in [0.29, 0.717) is 5.39 Å². The van der Waals surface area contributed by atoms with Gasteiger partial charge in [-0.3, -0.25) is 4.79 Å². The lowest BCUT2D eigenvalue weighted by molar-refractivity contribution is 0.0952. The molecular weight excluding hydrogens is 304 g/mol. The number of carbonyl (C=O) groups is 1. The number of amides is 1. The minimum absolute atomic E-state index is 0.0507. The topological polar surface area (TPSA) is 70.9 Å². The van der Waals surface area contributed by atoms with E-state index in [2.05, 4.69) is 10.5 Å². The predicted octanol–water partition coefficient (Wildman–Crippen LogP) is 3.32. The Bertz CT molecular complexity index is 902. The van der Waals surface area contributed by atoms with Crippen LogP contribution in [0.3, 0.4) is 0 Å². The summed E-state index contributed by atoms with van der Waals surface area (Å²) in [6.07, 6.45) is 1.52. The molecule has 0 radical (unpaired) electrons. The number of nitrogens with zero attached hydrogens (tertiary/aromatic N) is 1. The van der Waals surface area contributed by atoms with E-state index in [1.807, 2.05) is 30.3 Å². The Labute approximate surface area is 139 Å². The van der Waals surface area contributed by atoms with E-state index in [9.17, 15) is 9.90 Å². The predicted molar refractivity (Wildman–Crippen MR) is 93.7 cm³/mol. The van der Waals surface area contributed by atoms with Crippen LogP contribution in [0.2, 0.25) is 0 Å². The van der Waals surface area contributed by atoms with Crippen LogP contribution in [0.1, 0.15) is 15.9 Å². The van der Waals surface area contributed by atoms with Crippen molar-refractivity contribution in [2.24, 2.45) is 5.10 Å². The molecular formula is C19H16N2O3. The van der Waals surface area contributed by atoms with E-state index >= 15 is 0 Å². The first-order chi connectivity index (χ1) is 11.7. The standard InChI is InChI=1S/C19H16N2O3/c1-24-15-9-6-13(7-10-15)12-20-21-19(23)17-11-8-14-4-2-3-5-16(14)18(17)22/h2-12,22H,1H3,(H,21,23)/b20-12+. The Hall–Kier alpha value is -3.34. The molecule has 0 bridgehead atoms. The average Bonchev–Trinajstić information content (AvgIpc) is 2.62. The van der Waals surface area contributed by atoms with Gasteiger partial charge in [-0.2, -0.15) is 5.10 Å². The van der Waals surface area contributed by atoms with Crippen molar-refractivity contribution in [2.75, 3.05) is 7.11 Å². The van der Waals surface area contributed by atoms with Gasteiger partial charge in [0.1, 0.15) is 11.5 Å². The minimum atomic E-state index is -0.469. The van der Waals surface area contributed by atoms with Crippen molar-refractivity contribution in [1.82, 2.24) is 5.43 Å². The summed E-state index contributed by atoms with van der Waals surface area (Å²) in [6, 6.07) is 17.9. The fraction of sp³-hybridized carbons (Fsp3) is 0.0526. The number of methoxy groups -OCH3 is 1. The molecule has 0 saturated carbocycles. The summed E-state index contributed by atoms with van der Waals surface area (Å²) in [5, 5.41) is 15.7. The quantitative estimate of drug-likeness (QED) is 0.572. The molecule has 0 atom stereocenters. The summed E-state index contributed by atoms with van der Waals surface area (Å²) in [5.74, 6) is 0.227. The first-order valence-corrected chi connectivity index (χ1v) is 7.37. The van der Waals surface area contributed by atoms with Crippen LogP contribution in [-0.4, -0.2) is 24.3 Å². The second kappa shape index (κ2) is 6.83. The molecule has 24 heavy (non-hydrogen) atoms. The lowest BCUT2D eigenvalue weighted by Gasteiger charge is -2.06. The maximum atomic E-state index is 12.2. The summed E-state index contributed by atoms with van der Waals surface area (Å²) in [6.45, 7) is 0. The van der Waals surface area contributed by atoms with E-state index in [4.69, 9.17) is 4.74 Å². The highest BCUT2D eigenvalue weighted by Crippen LogP contribution is 2.28. The number of hydrogen-bond acceptors (Lipinski definition) is 4. The SMILES string of the molecule is COc1ccc(/C=N/NC(=O)c2ccc3ccccc3c2O)cc1. The lowest BCUT2D eigenvalue weighted by Crippen LogP contribution is -2.17. The van der Waals surface area contributed by atoms with Crippen molar-refractivity contribution in [3.05, 3.63) is 71.8 Å². The Balaban J connectivity index is 1.75. The fourth-order valence-electron chi connectivity index (χ4n) is 2.35. The van der Waals surface area contributed by atoms with Crippen molar-refractivity contribution in [3.8, 4) is 11.5 Å². The molecule has 0 saturated heterocycles. The van der Waals surface area contributed by atoms with Gasteiger partial charge in [0, 0.05) is 5.39 Å². The second-order valence-corrected chi connectivity index (χ2v) is 5.16. The molecule has 0 aliphatic heterocycles. The molecule has 3 aromatic rings.